The SMILES string of the molecule is Nc1nc(NC2CC2)sc1C(=O)NC1CCSC1. The van der Waals surface area contributed by atoms with Crippen LogP contribution < -0.4 is 16.4 Å². The number of carbonyl (C=O) groups is 1. The van der Waals surface area contributed by atoms with Crippen molar-refractivity contribution in [1.29, 1.82) is 0 Å². The summed E-state index contributed by atoms with van der Waals surface area (Å²) < 4.78 is 0. The van der Waals surface area contributed by atoms with Crippen molar-refractivity contribution in [3.8, 4) is 0 Å². The number of hydrogen-bond donors (Lipinski definition) is 3. The maximum absolute atomic E-state index is 12.1. The molecule has 1 saturated heterocycles. The van der Waals surface area contributed by atoms with Gasteiger partial charge in [0.25, 0.3) is 5.91 Å². The molecule has 2 fully saturated rings. The van der Waals surface area contributed by atoms with Crippen LogP contribution in [0.3, 0.4) is 0 Å². The van der Waals surface area contributed by atoms with Gasteiger partial charge in [-0.25, -0.2) is 4.98 Å². The maximum atomic E-state index is 12.1. The molecule has 1 aromatic heterocycles. The Balaban J connectivity index is 1.65. The van der Waals surface area contributed by atoms with Gasteiger partial charge in [-0.2, -0.15) is 11.8 Å². The number of nitrogens with two attached hydrogens (primary N) is 1. The first kappa shape index (κ1) is 12.1. The van der Waals surface area contributed by atoms with Crippen molar-refractivity contribution < 1.29 is 4.79 Å². The van der Waals surface area contributed by atoms with Crippen LogP contribution in [0.15, 0.2) is 0 Å². The molecule has 1 aliphatic heterocycles. The van der Waals surface area contributed by atoms with E-state index in [0.29, 0.717) is 16.7 Å². The summed E-state index contributed by atoms with van der Waals surface area (Å²) in [4.78, 5) is 16.8. The minimum absolute atomic E-state index is 0.0821. The molecule has 2 heterocycles. The van der Waals surface area contributed by atoms with E-state index in [1.807, 2.05) is 11.8 Å². The molecule has 98 valence electrons. The monoisotopic (exact) mass is 284 g/mol. The predicted molar refractivity (Wildman–Crippen MR) is 76.4 cm³/mol. The van der Waals surface area contributed by atoms with E-state index >= 15 is 0 Å². The third-order valence-corrected chi connectivity index (χ3v) is 5.19. The second-order valence-corrected chi connectivity index (χ2v) is 6.83. The summed E-state index contributed by atoms with van der Waals surface area (Å²) in [6.07, 6.45) is 3.41. The molecule has 0 aromatic carbocycles. The Morgan fingerprint density at radius 2 is 2.17 bits per heavy atom. The first-order valence-electron chi connectivity index (χ1n) is 6.14. The zero-order valence-electron chi connectivity index (χ0n) is 9.94. The zero-order chi connectivity index (χ0) is 12.5. The first-order chi connectivity index (χ1) is 8.72. The van der Waals surface area contributed by atoms with Crippen LogP contribution in [0.5, 0.6) is 0 Å². The van der Waals surface area contributed by atoms with Gasteiger partial charge in [-0.05, 0) is 25.0 Å². The highest BCUT2D eigenvalue weighted by Crippen LogP contribution is 2.30. The minimum Gasteiger partial charge on any atom is -0.382 e. The third kappa shape index (κ3) is 2.72. The zero-order valence-corrected chi connectivity index (χ0v) is 11.6. The van der Waals surface area contributed by atoms with Crippen molar-refractivity contribution in [2.75, 3.05) is 22.6 Å². The van der Waals surface area contributed by atoms with E-state index in [4.69, 9.17) is 5.73 Å². The largest absolute Gasteiger partial charge is 0.382 e. The molecule has 1 saturated carbocycles. The normalized spacial score (nSPS) is 23.0. The molecule has 0 bridgehead atoms. The maximum Gasteiger partial charge on any atom is 0.265 e. The average Bonchev–Trinajstić information content (AvgIpc) is 2.85. The van der Waals surface area contributed by atoms with Crippen LogP contribution in [-0.2, 0) is 0 Å². The van der Waals surface area contributed by atoms with Crippen molar-refractivity contribution in [2.45, 2.75) is 31.3 Å². The Bertz CT molecular complexity index is 452. The van der Waals surface area contributed by atoms with Gasteiger partial charge in [0, 0.05) is 17.8 Å². The molecule has 2 aliphatic rings. The van der Waals surface area contributed by atoms with E-state index in [1.165, 1.54) is 24.2 Å². The molecule has 0 radical (unpaired) electrons. The molecule has 1 aliphatic carbocycles. The fourth-order valence-corrected chi connectivity index (χ4v) is 3.88. The molecule has 4 N–H and O–H groups in total. The highest BCUT2D eigenvalue weighted by atomic mass is 32.2. The van der Waals surface area contributed by atoms with Gasteiger partial charge >= 0.3 is 0 Å². The molecule has 0 spiro atoms. The Morgan fingerprint density at radius 3 is 2.83 bits per heavy atom. The number of carbonyl (C=O) groups excluding carboxylic acids is 1. The number of amides is 1. The molecule has 5 nitrogen and oxygen atoms in total. The van der Waals surface area contributed by atoms with E-state index in [2.05, 4.69) is 15.6 Å². The van der Waals surface area contributed by atoms with Gasteiger partial charge in [-0.15, -0.1) is 0 Å². The highest BCUT2D eigenvalue weighted by Gasteiger charge is 2.25. The molecule has 1 atom stereocenters. The molecule has 1 unspecified atom stereocenters. The summed E-state index contributed by atoms with van der Waals surface area (Å²) >= 11 is 3.23. The van der Waals surface area contributed by atoms with Crippen molar-refractivity contribution in [2.24, 2.45) is 0 Å². The fraction of sp³-hybridized carbons (Fsp3) is 0.636. The third-order valence-electron chi connectivity index (χ3n) is 3.03. The van der Waals surface area contributed by atoms with Gasteiger partial charge in [-0.1, -0.05) is 11.3 Å². The molecule has 1 aromatic rings. The van der Waals surface area contributed by atoms with E-state index in [0.717, 1.165) is 23.1 Å². The lowest BCUT2D eigenvalue weighted by molar-refractivity contribution is 0.0946. The van der Waals surface area contributed by atoms with E-state index in [9.17, 15) is 4.79 Å². The lowest BCUT2D eigenvalue weighted by atomic mass is 10.2. The molecular weight excluding hydrogens is 268 g/mol. The Hall–Kier alpha value is -0.950. The van der Waals surface area contributed by atoms with Crippen LogP contribution in [0.1, 0.15) is 28.9 Å². The topological polar surface area (TPSA) is 80.0 Å². The van der Waals surface area contributed by atoms with Gasteiger partial charge in [0.15, 0.2) is 5.13 Å². The summed E-state index contributed by atoms with van der Waals surface area (Å²) in [6.45, 7) is 0. The van der Waals surface area contributed by atoms with Crippen molar-refractivity contribution >= 4 is 40.0 Å². The summed E-state index contributed by atoms with van der Waals surface area (Å²) in [6, 6.07) is 0.807. The van der Waals surface area contributed by atoms with E-state index < -0.39 is 0 Å². The number of hydrogen-bond acceptors (Lipinski definition) is 6. The summed E-state index contributed by atoms with van der Waals surface area (Å²) in [5.41, 5.74) is 5.81. The van der Waals surface area contributed by atoms with E-state index in [1.54, 1.807) is 0 Å². The second-order valence-electron chi connectivity index (χ2n) is 4.69. The summed E-state index contributed by atoms with van der Waals surface area (Å²) in [5.74, 6) is 2.38. The van der Waals surface area contributed by atoms with Crippen LogP contribution in [0.4, 0.5) is 10.9 Å². The van der Waals surface area contributed by atoms with Crippen molar-refractivity contribution in [1.82, 2.24) is 10.3 Å². The van der Waals surface area contributed by atoms with Crippen molar-refractivity contribution in [3.63, 3.8) is 0 Å². The standard InChI is InChI=1S/C11H16N4OS2/c12-9-8(10(16)13-7-3-4-17-5-7)18-11(15-9)14-6-1-2-6/h6-7H,1-5,12H2,(H,13,16)(H,14,15). The van der Waals surface area contributed by atoms with Gasteiger partial charge in [0.1, 0.15) is 10.7 Å². The summed E-state index contributed by atoms with van der Waals surface area (Å²) in [5, 5.41) is 7.05. The molecule has 18 heavy (non-hydrogen) atoms. The van der Waals surface area contributed by atoms with Crippen LogP contribution >= 0.6 is 23.1 Å². The van der Waals surface area contributed by atoms with Crippen LogP contribution in [-0.4, -0.2) is 34.5 Å². The lowest BCUT2D eigenvalue weighted by Gasteiger charge is -2.09. The van der Waals surface area contributed by atoms with Gasteiger partial charge < -0.3 is 16.4 Å². The minimum atomic E-state index is -0.0821. The highest BCUT2D eigenvalue weighted by molar-refractivity contribution is 7.99. The number of nitrogens with zero attached hydrogens (tertiary/aromatic N) is 1. The number of thioether (sulfide) groups is 1. The summed E-state index contributed by atoms with van der Waals surface area (Å²) in [7, 11) is 0. The molecule has 7 heteroatoms. The number of aromatic nitrogens is 1. The van der Waals surface area contributed by atoms with Gasteiger partial charge in [0.2, 0.25) is 0 Å². The molecule has 1 amide bonds. The second kappa shape index (κ2) is 4.97. The number of thiazole rings is 1. The van der Waals surface area contributed by atoms with E-state index in [-0.39, 0.29) is 11.9 Å². The quantitative estimate of drug-likeness (QED) is 0.781. The number of nitrogens with one attached hydrogen (secondary N) is 2. The Labute approximate surface area is 114 Å². The van der Waals surface area contributed by atoms with Crippen molar-refractivity contribution in [3.05, 3.63) is 4.88 Å². The fourth-order valence-electron chi connectivity index (χ4n) is 1.86. The number of rotatable bonds is 4. The molecular formula is C11H16N4OS2. The first-order valence-corrected chi connectivity index (χ1v) is 8.11. The van der Waals surface area contributed by atoms with Crippen LogP contribution in [0.2, 0.25) is 0 Å². The number of nitrogen functional groups attached to an aromatic ring is 1. The van der Waals surface area contributed by atoms with Crippen LogP contribution in [0.25, 0.3) is 0 Å². The molecule has 3 rings (SSSR count). The number of anilines is 2. The smallest absolute Gasteiger partial charge is 0.265 e. The van der Waals surface area contributed by atoms with Gasteiger partial charge in [0.05, 0.1) is 0 Å². The predicted octanol–water partition coefficient (Wildman–Crippen LogP) is 1.53. The Kier molecular flexibility index (Phi) is 3.34. The van der Waals surface area contributed by atoms with Crippen LogP contribution in [0, 0.1) is 0 Å². The van der Waals surface area contributed by atoms with Gasteiger partial charge in [-0.3, -0.25) is 4.79 Å². The average molecular weight is 284 g/mol. The lowest BCUT2D eigenvalue weighted by Crippen LogP contribution is -2.34. The Morgan fingerprint density at radius 1 is 1.33 bits per heavy atom.